The van der Waals surface area contributed by atoms with Crippen molar-refractivity contribution in [1.29, 1.82) is 0 Å². The second kappa shape index (κ2) is 13.8. The molecule has 0 saturated heterocycles. The van der Waals surface area contributed by atoms with Gasteiger partial charge in [0.15, 0.2) is 17.5 Å². The van der Waals surface area contributed by atoms with Gasteiger partial charge < -0.3 is 4.42 Å². The standard InChI is InChI=1S/C51H33N3O/c1-5-13-34(14-6-1)36-21-23-38(24-22-36)43-31-45(39-27-25-37(26-28-39)35-15-7-2-8-16-35)48-46(32-43)44-30-29-42(33-47(44)55-48)51-53-49(40-17-9-3-10-18-40)52-50(54-51)41-19-11-4-12-20-41/h1-33H/i1D,2D,5D,6D,7D,8D,13D,14D,15D,16D. The molecule has 0 unspecified atom stereocenters. The van der Waals surface area contributed by atoms with E-state index in [0.29, 0.717) is 45.3 Å². The van der Waals surface area contributed by atoms with Crippen LogP contribution in [0.5, 0.6) is 0 Å². The maximum atomic E-state index is 8.55. The van der Waals surface area contributed by atoms with Gasteiger partial charge in [-0.1, -0.05) is 176 Å². The van der Waals surface area contributed by atoms with Gasteiger partial charge in [-0.15, -0.1) is 0 Å². The molecule has 4 nitrogen and oxygen atoms in total. The van der Waals surface area contributed by atoms with Crippen molar-refractivity contribution in [3.8, 4) is 78.7 Å². The summed E-state index contributed by atoms with van der Waals surface area (Å²) in [5.74, 6) is 1.51. The Morgan fingerprint density at radius 2 is 0.800 bits per heavy atom. The molecule has 2 aromatic heterocycles. The van der Waals surface area contributed by atoms with E-state index in [1.165, 1.54) is 0 Å². The summed E-state index contributed by atoms with van der Waals surface area (Å²) in [6, 6.07) is 39.9. The molecule has 0 bridgehead atoms. The van der Waals surface area contributed by atoms with Crippen LogP contribution in [-0.2, 0) is 0 Å². The highest BCUT2D eigenvalue weighted by atomic mass is 16.3. The van der Waals surface area contributed by atoms with Crippen molar-refractivity contribution in [2.45, 2.75) is 0 Å². The van der Waals surface area contributed by atoms with Crippen molar-refractivity contribution in [3.05, 3.63) is 200 Å². The summed E-state index contributed by atoms with van der Waals surface area (Å²) in [6.07, 6.45) is 0. The Bertz CT molecular complexity index is 3410. The van der Waals surface area contributed by atoms with E-state index >= 15 is 0 Å². The lowest BCUT2D eigenvalue weighted by Crippen LogP contribution is -2.00. The zero-order chi connectivity index (χ0) is 45.3. The van der Waals surface area contributed by atoms with Crippen LogP contribution in [0.1, 0.15) is 13.7 Å². The van der Waals surface area contributed by atoms with Gasteiger partial charge in [-0.3, -0.25) is 0 Å². The molecular formula is C51H33N3O. The average Bonchev–Trinajstić information content (AvgIpc) is 3.72. The Labute approximate surface area is 333 Å². The van der Waals surface area contributed by atoms with E-state index in [-0.39, 0.29) is 35.3 Å². The molecule has 2 heterocycles. The van der Waals surface area contributed by atoms with Crippen LogP contribution in [0.3, 0.4) is 0 Å². The van der Waals surface area contributed by atoms with Crippen LogP contribution < -0.4 is 0 Å². The summed E-state index contributed by atoms with van der Waals surface area (Å²) >= 11 is 0. The molecule has 8 aromatic carbocycles. The minimum Gasteiger partial charge on any atom is -0.455 e. The molecule has 4 heteroatoms. The van der Waals surface area contributed by atoms with Gasteiger partial charge in [0.1, 0.15) is 11.2 Å². The monoisotopic (exact) mass is 713 g/mol. The lowest BCUT2D eigenvalue weighted by atomic mass is 9.93. The van der Waals surface area contributed by atoms with Gasteiger partial charge in [0, 0.05) is 33.0 Å². The van der Waals surface area contributed by atoms with Crippen LogP contribution in [0.25, 0.3) is 101 Å². The van der Waals surface area contributed by atoms with Crippen molar-refractivity contribution in [3.63, 3.8) is 0 Å². The lowest BCUT2D eigenvalue weighted by molar-refractivity contribution is 0.670. The predicted molar refractivity (Wildman–Crippen MR) is 225 cm³/mol. The van der Waals surface area contributed by atoms with E-state index in [9.17, 15) is 0 Å². The number of aromatic nitrogens is 3. The predicted octanol–water partition coefficient (Wildman–Crippen LogP) is 13.4. The number of rotatable bonds is 7. The van der Waals surface area contributed by atoms with Crippen molar-refractivity contribution >= 4 is 21.9 Å². The van der Waals surface area contributed by atoms with Crippen molar-refractivity contribution in [2.24, 2.45) is 0 Å². The quantitative estimate of drug-likeness (QED) is 0.165. The molecule has 0 N–H and O–H groups in total. The molecule has 0 spiro atoms. The maximum Gasteiger partial charge on any atom is 0.164 e. The minimum atomic E-state index is -0.460. The summed E-state index contributed by atoms with van der Waals surface area (Å²) in [5, 5.41) is 1.62. The molecule has 258 valence electrons. The molecule has 0 aliphatic rings. The minimum absolute atomic E-state index is 0.0982. The first-order valence-electron chi connectivity index (χ1n) is 22.6. The van der Waals surface area contributed by atoms with E-state index in [2.05, 4.69) is 0 Å². The molecule has 0 amide bonds. The number of furan rings is 1. The van der Waals surface area contributed by atoms with E-state index in [1.807, 2.05) is 115 Å². The molecule has 0 radical (unpaired) electrons. The first kappa shape index (κ1) is 23.3. The molecule has 10 aromatic rings. The summed E-state index contributed by atoms with van der Waals surface area (Å²) in [4.78, 5) is 14.7. The second-order valence-electron chi connectivity index (χ2n) is 12.9. The van der Waals surface area contributed by atoms with Gasteiger partial charge in [0.05, 0.1) is 13.7 Å². The highest BCUT2D eigenvalue weighted by molar-refractivity contribution is 6.12. The Balaban J connectivity index is 1.14. The number of benzene rings is 8. The molecule has 0 fully saturated rings. The third kappa shape index (κ3) is 6.26. The van der Waals surface area contributed by atoms with Crippen LogP contribution >= 0.6 is 0 Å². The fourth-order valence-electron chi connectivity index (χ4n) is 6.77. The molecular weight excluding hydrogens is 671 g/mol. The van der Waals surface area contributed by atoms with E-state index in [0.717, 1.165) is 44.2 Å². The van der Waals surface area contributed by atoms with Crippen molar-refractivity contribution < 1.29 is 18.1 Å². The summed E-state index contributed by atoms with van der Waals surface area (Å²) in [7, 11) is 0. The number of hydrogen-bond acceptors (Lipinski definition) is 4. The fraction of sp³-hybridized carbons (Fsp3) is 0. The Hall–Kier alpha value is -7.43. The van der Waals surface area contributed by atoms with Gasteiger partial charge in [0.2, 0.25) is 0 Å². The van der Waals surface area contributed by atoms with Crippen LogP contribution in [0.15, 0.2) is 204 Å². The third-order valence-electron chi connectivity index (χ3n) is 9.52. The molecule has 0 saturated carbocycles. The summed E-state index contributed by atoms with van der Waals surface area (Å²) in [6.45, 7) is 0. The van der Waals surface area contributed by atoms with Gasteiger partial charge in [-0.25, -0.2) is 15.0 Å². The Morgan fingerprint density at radius 1 is 0.345 bits per heavy atom. The van der Waals surface area contributed by atoms with Gasteiger partial charge in [-0.05, 0) is 63.2 Å². The zero-order valence-electron chi connectivity index (χ0n) is 39.0. The lowest BCUT2D eigenvalue weighted by Gasteiger charge is -2.10. The van der Waals surface area contributed by atoms with E-state index in [4.69, 9.17) is 33.1 Å². The van der Waals surface area contributed by atoms with Crippen molar-refractivity contribution in [1.82, 2.24) is 15.0 Å². The maximum absolute atomic E-state index is 8.55. The molecule has 10 rings (SSSR count). The first-order chi connectivity index (χ1) is 31.4. The molecule has 0 aliphatic heterocycles. The number of hydrogen-bond donors (Lipinski definition) is 0. The van der Waals surface area contributed by atoms with Crippen LogP contribution in [0.4, 0.5) is 0 Å². The topological polar surface area (TPSA) is 51.8 Å². The third-order valence-corrected chi connectivity index (χ3v) is 9.52. The molecule has 0 atom stereocenters. The Kier molecular flexibility index (Phi) is 5.86. The van der Waals surface area contributed by atoms with Crippen LogP contribution in [0, 0.1) is 0 Å². The molecule has 55 heavy (non-hydrogen) atoms. The SMILES string of the molecule is [2H]c1c([2H])c([2H])c(-c2ccc(-c3cc(-c4ccc(-c5c([2H])c([2H])c([2H])c([2H])c5[2H])cc4)c4oc5cc(-c6nc(-c7ccccc7)nc(-c7ccccc7)n6)ccc5c4c3)cc2)c([2H])c1[2H]. The first-order valence-corrected chi connectivity index (χ1v) is 17.6. The summed E-state index contributed by atoms with van der Waals surface area (Å²) < 4.78 is 89.8. The number of fused-ring (bicyclic) bond motifs is 3. The fourth-order valence-corrected chi connectivity index (χ4v) is 6.77. The highest BCUT2D eigenvalue weighted by Crippen LogP contribution is 2.41. The smallest absolute Gasteiger partial charge is 0.164 e. The number of nitrogens with zero attached hydrogens (tertiary/aromatic N) is 3. The van der Waals surface area contributed by atoms with Gasteiger partial charge in [0.25, 0.3) is 0 Å². The van der Waals surface area contributed by atoms with Crippen molar-refractivity contribution in [2.75, 3.05) is 0 Å². The average molecular weight is 714 g/mol. The van der Waals surface area contributed by atoms with Gasteiger partial charge in [-0.2, -0.15) is 0 Å². The molecule has 0 aliphatic carbocycles. The van der Waals surface area contributed by atoms with E-state index < -0.39 is 36.3 Å². The Morgan fingerprint density at radius 3 is 1.33 bits per heavy atom. The summed E-state index contributed by atoms with van der Waals surface area (Å²) in [5.41, 5.74) is 7.74. The van der Waals surface area contributed by atoms with Crippen LogP contribution in [0.2, 0.25) is 0 Å². The van der Waals surface area contributed by atoms with Crippen LogP contribution in [-0.4, -0.2) is 15.0 Å². The van der Waals surface area contributed by atoms with Gasteiger partial charge >= 0.3 is 0 Å². The highest BCUT2D eigenvalue weighted by Gasteiger charge is 2.18. The zero-order valence-corrected chi connectivity index (χ0v) is 29.0. The normalized spacial score (nSPS) is 13.8. The second-order valence-corrected chi connectivity index (χ2v) is 12.9. The van der Waals surface area contributed by atoms with E-state index in [1.54, 1.807) is 24.3 Å². The largest absolute Gasteiger partial charge is 0.455 e.